The highest BCUT2D eigenvalue weighted by Gasteiger charge is 2.35. The molecule has 104 valence electrons. The third-order valence-electron chi connectivity index (χ3n) is 4.07. The summed E-state index contributed by atoms with van der Waals surface area (Å²) in [4.78, 5) is 26.3. The van der Waals surface area contributed by atoms with Gasteiger partial charge in [0.25, 0.3) is 0 Å². The quantitative estimate of drug-likeness (QED) is 0.846. The highest BCUT2D eigenvalue weighted by molar-refractivity contribution is 6.09. The van der Waals surface area contributed by atoms with Gasteiger partial charge in [-0.15, -0.1) is 0 Å². The second kappa shape index (κ2) is 4.74. The number of hydrogen-bond acceptors (Lipinski definition) is 2. The molecule has 1 aliphatic carbocycles. The van der Waals surface area contributed by atoms with E-state index in [1.54, 1.807) is 12.1 Å². The molecule has 2 unspecified atom stereocenters. The Hall–Kier alpha value is -2.17. The molecule has 1 aromatic heterocycles. The van der Waals surface area contributed by atoms with Crippen molar-refractivity contribution in [1.29, 1.82) is 0 Å². The van der Waals surface area contributed by atoms with Crippen molar-refractivity contribution in [2.75, 3.05) is 0 Å². The van der Waals surface area contributed by atoms with E-state index in [2.05, 4.69) is 4.98 Å². The van der Waals surface area contributed by atoms with Crippen LogP contribution in [0.5, 0.6) is 0 Å². The Labute approximate surface area is 114 Å². The number of nitrogens with one attached hydrogen (secondary N) is 1. The van der Waals surface area contributed by atoms with E-state index in [-0.39, 0.29) is 11.7 Å². The first-order chi connectivity index (χ1) is 9.58. The van der Waals surface area contributed by atoms with Crippen LogP contribution in [0, 0.1) is 17.7 Å². The number of halogens is 1. The molecule has 0 radical (unpaired) electrons. The van der Waals surface area contributed by atoms with Gasteiger partial charge in [0.2, 0.25) is 0 Å². The first-order valence-corrected chi connectivity index (χ1v) is 6.60. The second-order valence-electron chi connectivity index (χ2n) is 5.27. The van der Waals surface area contributed by atoms with E-state index in [0.29, 0.717) is 35.7 Å². The summed E-state index contributed by atoms with van der Waals surface area (Å²) in [5, 5.41) is 9.28. The molecule has 2 atom stereocenters. The average Bonchev–Trinajstić information content (AvgIpc) is 3.05. The number of carbonyl (C=O) groups excluding carboxylic acids is 1. The van der Waals surface area contributed by atoms with Crippen molar-refractivity contribution >= 4 is 22.7 Å². The van der Waals surface area contributed by atoms with Crippen LogP contribution in [0.25, 0.3) is 10.9 Å². The molecule has 0 spiro atoms. The number of ketones is 1. The van der Waals surface area contributed by atoms with Crippen molar-refractivity contribution in [3.8, 4) is 0 Å². The van der Waals surface area contributed by atoms with Crippen LogP contribution in [0.3, 0.4) is 0 Å². The molecular formula is C15H14FNO3. The van der Waals surface area contributed by atoms with E-state index >= 15 is 0 Å². The van der Waals surface area contributed by atoms with E-state index in [4.69, 9.17) is 5.11 Å². The summed E-state index contributed by atoms with van der Waals surface area (Å²) in [6.45, 7) is 0. The maximum Gasteiger partial charge on any atom is 0.306 e. The predicted octanol–water partition coefficient (Wildman–Crippen LogP) is 2.99. The number of carbonyl (C=O) groups is 2. The smallest absolute Gasteiger partial charge is 0.306 e. The summed E-state index contributed by atoms with van der Waals surface area (Å²) in [5.74, 6) is -2.23. The third kappa shape index (κ3) is 1.99. The molecule has 2 N–H and O–H groups in total. The minimum absolute atomic E-state index is 0.162. The van der Waals surface area contributed by atoms with Gasteiger partial charge in [0.15, 0.2) is 5.78 Å². The largest absolute Gasteiger partial charge is 0.481 e. The first-order valence-electron chi connectivity index (χ1n) is 6.60. The van der Waals surface area contributed by atoms with Crippen LogP contribution in [0.15, 0.2) is 24.4 Å². The van der Waals surface area contributed by atoms with E-state index in [1.807, 2.05) is 0 Å². The lowest BCUT2D eigenvalue weighted by Crippen LogP contribution is -2.14. The van der Waals surface area contributed by atoms with E-state index < -0.39 is 17.7 Å². The van der Waals surface area contributed by atoms with Crippen LogP contribution in [-0.4, -0.2) is 21.8 Å². The number of benzene rings is 1. The predicted molar refractivity (Wildman–Crippen MR) is 71.1 cm³/mol. The number of aliphatic carboxylic acids is 1. The van der Waals surface area contributed by atoms with Crippen molar-refractivity contribution in [2.24, 2.45) is 11.8 Å². The molecular weight excluding hydrogens is 261 g/mol. The van der Waals surface area contributed by atoms with Crippen molar-refractivity contribution in [3.05, 3.63) is 35.8 Å². The Morgan fingerprint density at radius 2 is 2.00 bits per heavy atom. The summed E-state index contributed by atoms with van der Waals surface area (Å²) in [5.41, 5.74) is 0.912. The van der Waals surface area contributed by atoms with Crippen molar-refractivity contribution in [3.63, 3.8) is 0 Å². The van der Waals surface area contributed by atoms with Gasteiger partial charge >= 0.3 is 5.97 Å². The molecule has 2 aromatic rings. The lowest BCUT2D eigenvalue weighted by molar-refractivity contribution is -0.141. The lowest BCUT2D eigenvalue weighted by atomic mass is 9.94. The highest BCUT2D eigenvalue weighted by atomic mass is 19.1. The van der Waals surface area contributed by atoms with Crippen LogP contribution in [0.4, 0.5) is 4.39 Å². The molecule has 20 heavy (non-hydrogen) atoms. The van der Waals surface area contributed by atoms with Gasteiger partial charge in [-0.3, -0.25) is 9.59 Å². The average molecular weight is 275 g/mol. The summed E-state index contributed by atoms with van der Waals surface area (Å²) < 4.78 is 13.9. The minimum Gasteiger partial charge on any atom is -0.481 e. The number of carboxylic acid groups (broad SMARTS) is 1. The SMILES string of the molecule is O=C(O)C1CCC(C(=O)c2c[nH]c3cccc(F)c23)C1. The van der Waals surface area contributed by atoms with Gasteiger partial charge in [-0.25, -0.2) is 4.39 Å². The molecule has 0 aliphatic heterocycles. The molecule has 0 saturated heterocycles. The fraction of sp³-hybridized carbons (Fsp3) is 0.333. The Kier molecular flexibility index (Phi) is 3.04. The summed E-state index contributed by atoms with van der Waals surface area (Å²) >= 11 is 0. The maximum absolute atomic E-state index is 13.9. The molecule has 1 heterocycles. The molecule has 1 aromatic carbocycles. The topological polar surface area (TPSA) is 70.2 Å². The van der Waals surface area contributed by atoms with Gasteiger partial charge in [0, 0.05) is 28.6 Å². The van der Waals surface area contributed by atoms with Crippen LogP contribution >= 0.6 is 0 Å². The van der Waals surface area contributed by atoms with E-state index in [0.717, 1.165) is 0 Å². The minimum atomic E-state index is -0.856. The van der Waals surface area contributed by atoms with Crippen molar-refractivity contribution < 1.29 is 19.1 Å². The maximum atomic E-state index is 13.9. The van der Waals surface area contributed by atoms with Gasteiger partial charge in [-0.05, 0) is 31.4 Å². The highest BCUT2D eigenvalue weighted by Crippen LogP contribution is 2.35. The number of rotatable bonds is 3. The zero-order chi connectivity index (χ0) is 14.3. The number of H-pyrrole nitrogens is 1. The first kappa shape index (κ1) is 12.8. The van der Waals surface area contributed by atoms with Crippen LogP contribution in [-0.2, 0) is 4.79 Å². The van der Waals surface area contributed by atoms with Gasteiger partial charge in [0.05, 0.1) is 5.92 Å². The second-order valence-corrected chi connectivity index (χ2v) is 5.27. The summed E-state index contributed by atoms with van der Waals surface area (Å²) in [6, 6.07) is 4.62. The molecule has 1 fully saturated rings. The Morgan fingerprint density at radius 3 is 2.70 bits per heavy atom. The number of fused-ring (bicyclic) bond motifs is 1. The van der Waals surface area contributed by atoms with E-state index in [1.165, 1.54) is 12.3 Å². The van der Waals surface area contributed by atoms with Crippen LogP contribution in [0.1, 0.15) is 29.6 Å². The molecule has 0 amide bonds. The van der Waals surface area contributed by atoms with Crippen molar-refractivity contribution in [1.82, 2.24) is 4.98 Å². The third-order valence-corrected chi connectivity index (χ3v) is 4.07. The van der Waals surface area contributed by atoms with Gasteiger partial charge in [0.1, 0.15) is 5.82 Å². The van der Waals surface area contributed by atoms with Crippen molar-refractivity contribution in [2.45, 2.75) is 19.3 Å². The molecule has 1 aliphatic rings. The molecule has 5 heteroatoms. The summed E-state index contributed by atoms with van der Waals surface area (Å²) in [6.07, 6.45) is 2.92. The fourth-order valence-corrected chi connectivity index (χ4v) is 3.00. The van der Waals surface area contributed by atoms with Crippen LogP contribution < -0.4 is 0 Å². The molecule has 3 rings (SSSR count). The van der Waals surface area contributed by atoms with Crippen LogP contribution in [0.2, 0.25) is 0 Å². The monoisotopic (exact) mass is 275 g/mol. The zero-order valence-electron chi connectivity index (χ0n) is 10.7. The Balaban J connectivity index is 1.92. The van der Waals surface area contributed by atoms with Gasteiger partial charge in [-0.2, -0.15) is 0 Å². The van der Waals surface area contributed by atoms with Gasteiger partial charge in [-0.1, -0.05) is 6.07 Å². The number of aromatic nitrogens is 1. The molecule has 4 nitrogen and oxygen atoms in total. The Bertz CT molecular complexity index is 691. The number of carboxylic acids is 1. The summed E-state index contributed by atoms with van der Waals surface area (Å²) in [7, 11) is 0. The fourth-order valence-electron chi connectivity index (χ4n) is 3.00. The molecule has 0 bridgehead atoms. The van der Waals surface area contributed by atoms with E-state index in [9.17, 15) is 14.0 Å². The Morgan fingerprint density at radius 1 is 1.25 bits per heavy atom. The number of aromatic amines is 1. The zero-order valence-corrected chi connectivity index (χ0v) is 10.7. The molecule has 1 saturated carbocycles. The number of Topliss-reactive ketones (excluding diaryl/α,β-unsaturated/α-hetero) is 1. The number of hydrogen-bond donors (Lipinski definition) is 2. The lowest BCUT2D eigenvalue weighted by Gasteiger charge is -2.07. The standard InChI is InChI=1S/C15H14FNO3/c16-11-2-1-3-12-13(11)10(7-17-12)14(18)8-4-5-9(6-8)15(19)20/h1-3,7-9,17H,4-6H2,(H,19,20). The van der Waals surface area contributed by atoms with Gasteiger partial charge < -0.3 is 10.1 Å². The normalized spacial score (nSPS) is 22.2.